The molecule has 1 saturated heterocycles. The molecule has 1 aromatic heterocycles. The van der Waals surface area contributed by atoms with Crippen molar-refractivity contribution in [1.29, 1.82) is 0 Å². The lowest BCUT2D eigenvalue weighted by Crippen LogP contribution is -2.56. The largest absolute Gasteiger partial charge is 0.487 e. The summed E-state index contributed by atoms with van der Waals surface area (Å²) in [6.07, 6.45) is 1.87. The summed E-state index contributed by atoms with van der Waals surface area (Å²) in [5, 5.41) is 0. The normalized spacial score (nSPS) is 18.3. The highest BCUT2D eigenvalue weighted by atomic mass is 32.2. The van der Waals surface area contributed by atoms with Crippen LogP contribution >= 0.6 is 0 Å². The van der Waals surface area contributed by atoms with E-state index in [0.717, 1.165) is 29.7 Å². The average molecular weight is 388 g/mol. The molecule has 144 valence electrons. The minimum Gasteiger partial charge on any atom is -0.487 e. The summed E-state index contributed by atoms with van der Waals surface area (Å²) in [6, 6.07) is 9.14. The van der Waals surface area contributed by atoms with Gasteiger partial charge >= 0.3 is 0 Å². The van der Waals surface area contributed by atoms with E-state index in [1.165, 1.54) is 10.4 Å². The first kappa shape index (κ1) is 18.3. The Hall–Kier alpha value is -2.12. The average Bonchev–Trinajstić information content (AvgIpc) is 3.36. The van der Waals surface area contributed by atoms with Crippen LogP contribution in [-0.4, -0.2) is 36.5 Å². The Labute approximate surface area is 159 Å². The number of nitrogens with zero attached hydrogens (tertiary/aromatic N) is 2. The van der Waals surface area contributed by atoms with E-state index >= 15 is 0 Å². The van der Waals surface area contributed by atoms with Crippen LogP contribution in [-0.2, 0) is 10.0 Å². The van der Waals surface area contributed by atoms with Crippen LogP contribution in [0, 0.1) is 20.8 Å². The van der Waals surface area contributed by atoms with Crippen LogP contribution in [0.4, 0.5) is 0 Å². The van der Waals surface area contributed by atoms with Crippen LogP contribution in [0.15, 0.2) is 40.0 Å². The van der Waals surface area contributed by atoms with E-state index in [-0.39, 0.29) is 11.7 Å². The van der Waals surface area contributed by atoms with Crippen molar-refractivity contribution in [2.75, 3.05) is 13.1 Å². The van der Waals surface area contributed by atoms with Crippen LogP contribution in [0.2, 0.25) is 0 Å². The van der Waals surface area contributed by atoms with Crippen molar-refractivity contribution in [2.24, 2.45) is 0 Å². The van der Waals surface area contributed by atoms with E-state index in [2.05, 4.69) is 0 Å². The highest BCUT2D eigenvalue weighted by molar-refractivity contribution is 7.89. The van der Waals surface area contributed by atoms with Crippen molar-refractivity contribution < 1.29 is 13.2 Å². The highest BCUT2D eigenvalue weighted by Gasteiger charge is 2.39. The molecule has 27 heavy (non-hydrogen) atoms. The molecule has 0 spiro atoms. The number of rotatable bonds is 5. The third-order valence-corrected chi connectivity index (χ3v) is 7.20. The second-order valence-corrected chi connectivity index (χ2v) is 9.51. The van der Waals surface area contributed by atoms with Crippen LogP contribution in [0.25, 0.3) is 0 Å². The number of aromatic nitrogens is 1. The molecule has 0 amide bonds. The first-order valence-electron chi connectivity index (χ1n) is 9.23. The number of hydrogen-bond donors (Lipinski definition) is 0. The van der Waals surface area contributed by atoms with E-state index in [9.17, 15) is 13.2 Å². The predicted molar refractivity (Wildman–Crippen MR) is 103 cm³/mol. The van der Waals surface area contributed by atoms with Crippen molar-refractivity contribution >= 4 is 10.0 Å². The third-order valence-electron chi connectivity index (χ3n) is 5.23. The second kappa shape index (κ2) is 6.49. The molecular formula is C20H24N2O4S. The van der Waals surface area contributed by atoms with E-state index in [4.69, 9.17) is 4.74 Å². The standard InChI is InChI=1S/C20H24N2O4S/c1-13-4-5-14(2)19(8-13)27(24,25)21-11-18(12-21)26-17-9-15(3)22(16-6-7-16)20(23)10-17/h4-5,8-10,16,18H,6-7,11-12H2,1-3H3. The fourth-order valence-electron chi connectivity index (χ4n) is 3.54. The summed E-state index contributed by atoms with van der Waals surface area (Å²) >= 11 is 0. The maximum Gasteiger partial charge on any atom is 0.254 e. The van der Waals surface area contributed by atoms with Crippen molar-refractivity contribution in [2.45, 2.75) is 50.7 Å². The number of aryl methyl sites for hydroxylation is 3. The SMILES string of the molecule is Cc1ccc(C)c(S(=O)(=O)N2CC(Oc3cc(C)n(C4CC4)c(=O)c3)C2)c1. The summed E-state index contributed by atoms with van der Waals surface area (Å²) in [5.74, 6) is 0.517. The lowest BCUT2D eigenvalue weighted by molar-refractivity contribution is 0.0758. The molecule has 2 aliphatic rings. The van der Waals surface area contributed by atoms with Gasteiger partial charge in [-0.3, -0.25) is 4.79 Å². The molecule has 1 saturated carbocycles. The molecule has 6 nitrogen and oxygen atoms in total. The van der Waals surface area contributed by atoms with Gasteiger partial charge in [-0.2, -0.15) is 4.31 Å². The Morgan fingerprint density at radius 2 is 1.74 bits per heavy atom. The monoisotopic (exact) mass is 388 g/mol. The summed E-state index contributed by atoms with van der Waals surface area (Å²) < 4.78 is 34.8. The van der Waals surface area contributed by atoms with Crippen molar-refractivity contribution in [1.82, 2.24) is 8.87 Å². The van der Waals surface area contributed by atoms with Gasteiger partial charge in [0.1, 0.15) is 11.9 Å². The molecule has 2 aromatic rings. The molecule has 1 aromatic carbocycles. The number of ether oxygens (including phenoxy) is 1. The molecule has 1 aliphatic heterocycles. The highest BCUT2D eigenvalue weighted by Crippen LogP contribution is 2.35. The number of pyridine rings is 1. The van der Waals surface area contributed by atoms with E-state index < -0.39 is 10.0 Å². The molecule has 2 fully saturated rings. The van der Waals surface area contributed by atoms with E-state index in [1.54, 1.807) is 13.0 Å². The van der Waals surface area contributed by atoms with Gasteiger partial charge in [-0.25, -0.2) is 8.42 Å². The Kier molecular flexibility index (Phi) is 4.39. The molecule has 7 heteroatoms. The molecule has 0 radical (unpaired) electrons. The minimum absolute atomic E-state index is 0.0494. The van der Waals surface area contributed by atoms with Crippen molar-refractivity contribution in [3.63, 3.8) is 0 Å². The Morgan fingerprint density at radius 3 is 2.37 bits per heavy atom. The van der Waals surface area contributed by atoms with Crippen molar-refractivity contribution in [3.8, 4) is 5.75 Å². The Morgan fingerprint density at radius 1 is 1.04 bits per heavy atom. The second-order valence-electron chi connectivity index (χ2n) is 7.60. The molecule has 2 heterocycles. The quantitative estimate of drug-likeness (QED) is 0.789. The zero-order valence-corrected chi connectivity index (χ0v) is 16.6. The minimum atomic E-state index is -3.52. The number of benzene rings is 1. The molecule has 0 bridgehead atoms. The topological polar surface area (TPSA) is 68.6 Å². The van der Waals surface area contributed by atoms with Gasteiger partial charge in [0.2, 0.25) is 10.0 Å². The Bertz CT molecular complexity index is 1050. The van der Waals surface area contributed by atoms with Gasteiger partial charge in [0, 0.05) is 17.8 Å². The smallest absolute Gasteiger partial charge is 0.254 e. The number of sulfonamides is 1. The number of hydrogen-bond acceptors (Lipinski definition) is 4. The summed E-state index contributed by atoms with van der Waals surface area (Å²) in [5.41, 5.74) is 2.49. The first-order chi connectivity index (χ1) is 12.8. The lowest BCUT2D eigenvalue weighted by Gasteiger charge is -2.38. The van der Waals surface area contributed by atoms with Gasteiger partial charge in [0.25, 0.3) is 5.56 Å². The molecule has 1 aliphatic carbocycles. The van der Waals surface area contributed by atoms with Crippen LogP contribution in [0.1, 0.15) is 35.7 Å². The van der Waals surface area contributed by atoms with Gasteiger partial charge in [0.15, 0.2) is 0 Å². The molecule has 4 rings (SSSR count). The maximum atomic E-state index is 12.8. The molecule has 0 N–H and O–H groups in total. The van der Waals surface area contributed by atoms with Crippen molar-refractivity contribution in [3.05, 3.63) is 57.5 Å². The van der Waals surface area contributed by atoms with E-state index in [0.29, 0.717) is 29.8 Å². The van der Waals surface area contributed by atoms with Gasteiger partial charge in [-0.15, -0.1) is 0 Å². The lowest BCUT2D eigenvalue weighted by atomic mass is 10.2. The molecule has 0 unspecified atom stereocenters. The fourth-order valence-corrected chi connectivity index (χ4v) is 5.35. The van der Waals surface area contributed by atoms with Gasteiger partial charge in [-0.1, -0.05) is 12.1 Å². The fraction of sp³-hybridized carbons (Fsp3) is 0.450. The Balaban J connectivity index is 1.45. The van der Waals surface area contributed by atoms with Gasteiger partial charge in [0.05, 0.1) is 18.0 Å². The first-order valence-corrected chi connectivity index (χ1v) is 10.7. The van der Waals surface area contributed by atoms with Gasteiger partial charge < -0.3 is 9.30 Å². The molecular weight excluding hydrogens is 364 g/mol. The van der Waals surface area contributed by atoms with Crippen LogP contribution in [0.5, 0.6) is 5.75 Å². The van der Waals surface area contributed by atoms with Crippen LogP contribution in [0.3, 0.4) is 0 Å². The van der Waals surface area contributed by atoms with Gasteiger partial charge in [-0.05, 0) is 56.9 Å². The predicted octanol–water partition coefficient (Wildman–Crippen LogP) is 2.56. The molecule has 0 atom stereocenters. The summed E-state index contributed by atoms with van der Waals surface area (Å²) in [7, 11) is -3.52. The third kappa shape index (κ3) is 3.41. The maximum absolute atomic E-state index is 12.8. The summed E-state index contributed by atoms with van der Waals surface area (Å²) in [4.78, 5) is 12.6. The summed E-state index contributed by atoms with van der Waals surface area (Å²) in [6.45, 7) is 6.18. The zero-order valence-electron chi connectivity index (χ0n) is 15.8. The van der Waals surface area contributed by atoms with Crippen LogP contribution < -0.4 is 10.3 Å². The van der Waals surface area contributed by atoms with E-state index in [1.807, 2.05) is 36.6 Å². The zero-order chi connectivity index (χ0) is 19.3.